The Bertz CT molecular complexity index is 557. The van der Waals surface area contributed by atoms with Gasteiger partial charge >= 0.3 is 5.97 Å². The van der Waals surface area contributed by atoms with E-state index < -0.39 is 5.97 Å². The highest BCUT2D eigenvalue weighted by atomic mass is 32.2. The van der Waals surface area contributed by atoms with Crippen LogP contribution < -0.4 is 0 Å². The number of aromatic nitrogens is 1. The van der Waals surface area contributed by atoms with Crippen LogP contribution in [0, 0.1) is 0 Å². The number of amides is 1. The first-order chi connectivity index (χ1) is 9.08. The second kappa shape index (κ2) is 5.94. The number of thioether (sulfide) groups is 1. The number of nitrogens with zero attached hydrogens (tertiary/aromatic N) is 2. The quantitative estimate of drug-likeness (QED) is 0.674. The van der Waals surface area contributed by atoms with Gasteiger partial charge in [0.05, 0.1) is 17.0 Å². The van der Waals surface area contributed by atoms with Gasteiger partial charge in [-0.1, -0.05) is 30.0 Å². The molecule has 1 aromatic rings. The molecule has 5 nitrogen and oxygen atoms in total. The maximum Gasteiger partial charge on any atom is 0.305 e. The van der Waals surface area contributed by atoms with Crippen LogP contribution in [0.3, 0.4) is 0 Å². The molecule has 0 unspecified atom stereocenters. The van der Waals surface area contributed by atoms with E-state index in [1.165, 1.54) is 4.90 Å². The molecule has 98 valence electrons. The summed E-state index contributed by atoms with van der Waals surface area (Å²) in [6.07, 6.45) is 3.17. The highest BCUT2D eigenvalue weighted by Gasteiger charge is 2.32. The molecule has 7 heteroatoms. The fourth-order valence-corrected chi connectivity index (χ4v) is 2.79. The molecule has 1 saturated heterocycles. The smallest absolute Gasteiger partial charge is 0.305 e. The standard InChI is InChI=1S/C12H10N2O3S2/c15-10(16)4-6-14-11(17)9(19-12(14)18)7-8-3-1-2-5-13-8/h1-3,5,7H,4,6H2,(H,15,16)/b9-7+. The van der Waals surface area contributed by atoms with E-state index in [0.29, 0.717) is 14.9 Å². The third kappa shape index (κ3) is 3.39. The van der Waals surface area contributed by atoms with Gasteiger partial charge in [0.2, 0.25) is 0 Å². The average Bonchev–Trinajstić information content (AvgIpc) is 2.63. The van der Waals surface area contributed by atoms with Crippen LogP contribution in [-0.4, -0.2) is 37.7 Å². The number of carboxylic acid groups (broad SMARTS) is 1. The van der Waals surface area contributed by atoms with Crippen molar-refractivity contribution in [3.8, 4) is 0 Å². The number of carbonyl (C=O) groups is 2. The van der Waals surface area contributed by atoms with Crippen LogP contribution in [0.25, 0.3) is 6.08 Å². The largest absolute Gasteiger partial charge is 0.481 e. The minimum atomic E-state index is -0.956. The summed E-state index contributed by atoms with van der Waals surface area (Å²) in [4.78, 5) is 28.5. The minimum Gasteiger partial charge on any atom is -0.481 e. The summed E-state index contributed by atoms with van der Waals surface area (Å²) in [6, 6.07) is 5.39. The maximum absolute atomic E-state index is 12.1. The monoisotopic (exact) mass is 294 g/mol. The van der Waals surface area contributed by atoms with Crippen molar-refractivity contribution in [1.82, 2.24) is 9.88 Å². The molecule has 1 aliphatic rings. The second-order valence-corrected chi connectivity index (χ2v) is 5.41. The topological polar surface area (TPSA) is 70.5 Å². The summed E-state index contributed by atoms with van der Waals surface area (Å²) in [7, 11) is 0. The molecule has 0 bridgehead atoms. The third-order valence-electron chi connectivity index (χ3n) is 2.39. The van der Waals surface area contributed by atoms with Crippen molar-refractivity contribution >= 4 is 46.3 Å². The molecule has 1 N–H and O–H groups in total. The Morgan fingerprint density at radius 3 is 2.95 bits per heavy atom. The van der Waals surface area contributed by atoms with Gasteiger partial charge in [-0.25, -0.2) is 0 Å². The molecule has 0 saturated carbocycles. The van der Waals surface area contributed by atoms with E-state index in [-0.39, 0.29) is 18.9 Å². The van der Waals surface area contributed by atoms with E-state index in [1.54, 1.807) is 24.4 Å². The fourth-order valence-electron chi connectivity index (χ4n) is 1.50. The van der Waals surface area contributed by atoms with Crippen LogP contribution >= 0.6 is 24.0 Å². The normalized spacial score (nSPS) is 17.3. The molecule has 1 amide bonds. The summed E-state index contributed by atoms with van der Waals surface area (Å²) in [6.45, 7) is 0.0968. The number of carbonyl (C=O) groups excluding carboxylic acids is 1. The molecule has 0 aliphatic carbocycles. The lowest BCUT2D eigenvalue weighted by Crippen LogP contribution is -2.30. The van der Waals surface area contributed by atoms with Crippen LogP contribution in [0.5, 0.6) is 0 Å². The molecule has 1 fully saturated rings. The van der Waals surface area contributed by atoms with Crippen molar-refractivity contribution < 1.29 is 14.7 Å². The lowest BCUT2D eigenvalue weighted by atomic mass is 10.3. The summed E-state index contributed by atoms with van der Waals surface area (Å²) < 4.78 is 0.383. The van der Waals surface area contributed by atoms with Gasteiger partial charge in [-0.05, 0) is 18.2 Å². The maximum atomic E-state index is 12.1. The molecule has 19 heavy (non-hydrogen) atoms. The molecule has 0 radical (unpaired) electrons. The van der Waals surface area contributed by atoms with Gasteiger partial charge in [-0.3, -0.25) is 19.5 Å². The zero-order valence-corrected chi connectivity index (χ0v) is 11.4. The fraction of sp³-hybridized carbons (Fsp3) is 0.167. The van der Waals surface area contributed by atoms with Gasteiger partial charge in [-0.2, -0.15) is 0 Å². The molecular formula is C12H10N2O3S2. The van der Waals surface area contributed by atoms with E-state index >= 15 is 0 Å². The number of aliphatic carboxylic acids is 1. The molecule has 1 aromatic heterocycles. The Labute approximate surface area is 119 Å². The summed E-state index contributed by atoms with van der Waals surface area (Å²) in [5, 5.41) is 8.63. The number of hydrogen-bond donors (Lipinski definition) is 1. The van der Waals surface area contributed by atoms with Crippen molar-refractivity contribution in [2.75, 3.05) is 6.54 Å². The number of rotatable bonds is 4. The Morgan fingerprint density at radius 2 is 2.32 bits per heavy atom. The van der Waals surface area contributed by atoms with Crippen molar-refractivity contribution in [2.45, 2.75) is 6.42 Å². The third-order valence-corrected chi connectivity index (χ3v) is 3.77. The summed E-state index contributed by atoms with van der Waals surface area (Å²) in [5.74, 6) is -1.22. The number of thiocarbonyl (C=S) groups is 1. The lowest BCUT2D eigenvalue weighted by Gasteiger charge is -2.12. The Balaban J connectivity index is 2.14. The number of hydrogen-bond acceptors (Lipinski definition) is 5. The van der Waals surface area contributed by atoms with Crippen LogP contribution in [0.2, 0.25) is 0 Å². The van der Waals surface area contributed by atoms with Gasteiger partial charge in [0, 0.05) is 12.7 Å². The minimum absolute atomic E-state index is 0.0968. The average molecular weight is 294 g/mol. The first-order valence-electron chi connectivity index (χ1n) is 5.46. The van der Waals surface area contributed by atoms with E-state index in [9.17, 15) is 9.59 Å². The van der Waals surface area contributed by atoms with E-state index in [4.69, 9.17) is 17.3 Å². The SMILES string of the molecule is O=C(O)CCN1C(=O)/C(=C\c2ccccn2)SC1=S. The van der Waals surface area contributed by atoms with Gasteiger partial charge < -0.3 is 5.11 Å². The Kier molecular flexibility index (Phi) is 4.28. The van der Waals surface area contributed by atoms with Crippen molar-refractivity contribution in [1.29, 1.82) is 0 Å². The summed E-state index contributed by atoms with van der Waals surface area (Å²) in [5.41, 5.74) is 0.668. The molecule has 0 spiro atoms. The summed E-state index contributed by atoms with van der Waals surface area (Å²) >= 11 is 6.24. The first kappa shape index (κ1) is 13.7. The van der Waals surface area contributed by atoms with E-state index in [0.717, 1.165) is 11.8 Å². The highest BCUT2D eigenvalue weighted by Crippen LogP contribution is 2.32. The number of pyridine rings is 1. The second-order valence-electron chi connectivity index (χ2n) is 3.73. The zero-order chi connectivity index (χ0) is 13.8. The first-order valence-corrected chi connectivity index (χ1v) is 6.68. The van der Waals surface area contributed by atoms with Gasteiger partial charge in [0.15, 0.2) is 0 Å². The lowest BCUT2D eigenvalue weighted by molar-refractivity contribution is -0.137. The van der Waals surface area contributed by atoms with Gasteiger partial charge in [-0.15, -0.1) is 0 Å². The van der Waals surface area contributed by atoms with Crippen LogP contribution in [0.1, 0.15) is 12.1 Å². The van der Waals surface area contributed by atoms with E-state index in [1.807, 2.05) is 6.07 Å². The van der Waals surface area contributed by atoms with Crippen LogP contribution in [-0.2, 0) is 9.59 Å². The van der Waals surface area contributed by atoms with Crippen molar-refractivity contribution in [3.63, 3.8) is 0 Å². The number of carboxylic acids is 1. The van der Waals surface area contributed by atoms with Gasteiger partial charge in [0.1, 0.15) is 4.32 Å². The molecule has 0 atom stereocenters. The predicted octanol–water partition coefficient (Wildman–Crippen LogP) is 1.76. The molecule has 0 aromatic carbocycles. The van der Waals surface area contributed by atoms with E-state index in [2.05, 4.69) is 4.98 Å². The zero-order valence-electron chi connectivity index (χ0n) is 9.78. The van der Waals surface area contributed by atoms with Crippen LogP contribution in [0.15, 0.2) is 29.3 Å². The van der Waals surface area contributed by atoms with Crippen molar-refractivity contribution in [3.05, 3.63) is 35.0 Å². The Hall–Kier alpha value is -1.73. The Morgan fingerprint density at radius 1 is 1.53 bits per heavy atom. The molecule has 2 rings (SSSR count). The van der Waals surface area contributed by atoms with Gasteiger partial charge in [0.25, 0.3) is 5.91 Å². The molecule has 1 aliphatic heterocycles. The molecule has 2 heterocycles. The van der Waals surface area contributed by atoms with Crippen molar-refractivity contribution in [2.24, 2.45) is 0 Å². The predicted molar refractivity (Wildman–Crippen MR) is 76.4 cm³/mol. The molecular weight excluding hydrogens is 284 g/mol. The van der Waals surface area contributed by atoms with Crippen LogP contribution in [0.4, 0.5) is 0 Å². The highest BCUT2D eigenvalue weighted by molar-refractivity contribution is 8.26.